The molecule has 20 heavy (non-hydrogen) atoms. The van der Waals surface area contributed by atoms with Crippen molar-refractivity contribution in [3.8, 4) is 0 Å². The van der Waals surface area contributed by atoms with Crippen LogP contribution in [0.25, 0.3) is 0 Å². The lowest BCUT2D eigenvalue weighted by molar-refractivity contribution is 0.0960. The highest BCUT2D eigenvalue weighted by Gasteiger charge is 2.22. The lowest BCUT2D eigenvalue weighted by atomic mass is 10.1. The summed E-state index contributed by atoms with van der Waals surface area (Å²) >= 11 is 1.46. The molecule has 1 aromatic carbocycles. The van der Waals surface area contributed by atoms with Gasteiger partial charge < -0.3 is 16.0 Å². The van der Waals surface area contributed by atoms with Crippen molar-refractivity contribution in [3.63, 3.8) is 0 Å². The maximum Gasteiger partial charge on any atom is 0.263 e. The van der Waals surface area contributed by atoms with Crippen molar-refractivity contribution in [2.24, 2.45) is 0 Å². The van der Waals surface area contributed by atoms with E-state index in [1.807, 2.05) is 13.0 Å². The number of carbonyl (C=O) groups is 1. The van der Waals surface area contributed by atoms with Gasteiger partial charge in [0.25, 0.3) is 5.91 Å². The van der Waals surface area contributed by atoms with Crippen LogP contribution in [0.3, 0.4) is 0 Å². The lowest BCUT2D eigenvalue weighted by Gasteiger charge is -2.14. The van der Waals surface area contributed by atoms with Crippen molar-refractivity contribution >= 4 is 27.9 Å². The van der Waals surface area contributed by atoms with E-state index in [4.69, 9.17) is 5.73 Å². The Bertz CT molecular complexity index is 625. The molecule has 0 saturated carbocycles. The summed E-state index contributed by atoms with van der Waals surface area (Å²) in [6.45, 7) is 4.27. The molecule has 2 heterocycles. The first-order valence-corrected chi connectivity index (χ1v) is 7.50. The van der Waals surface area contributed by atoms with Crippen molar-refractivity contribution in [2.75, 3.05) is 17.2 Å². The van der Waals surface area contributed by atoms with Gasteiger partial charge in [-0.05, 0) is 24.1 Å². The van der Waals surface area contributed by atoms with E-state index in [-0.39, 0.29) is 5.91 Å². The number of hydrogen-bond acceptors (Lipinski definition) is 4. The van der Waals surface area contributed by atoms with Crippen LogP contribution in [0.1, 0.15) is 27.7 Å². The number of carbonyl (C=O) groups excluding carboxylic acids is 1. The molecule has 4 nitrogen and oxygen atoms in total. The molecular formula is C15H17N3OS. The third-order valence-electron chi connectivity index (χ3n) is 3.44. The largest absolute Gasteiger partial charge is 0.397 e. The third kappa shape index (κ3) is 2.25. The quantitative estimate of drug-likeness (QED) is 0.912. The van der Waals surface area contributed by atoms with E-state index in [1.54, 1.807) is 0 Å². The molecule has 2 aromatic rings. The summed E-state index contributed by atoms with van der Waals surface area (Å²) in [4.78, 5) is 14.8. The van der Waals surface area contributed by atoms with Crippen LogP contribution in [-0.4, -0.2) is 12.5 Å². The van der Waals surface area contributed by atoms with E-state index in [9.17, 15) is 4.79 Å². The number of benzene rings is 1. The number of anilines is 2. The summed E-state index contributed by atoms with van der Waals surface area (Å²) < 4.78 is 0. The number of amides is 1. The molecule has 0 spiro atoms. The van der Waals surface area contributed by atoms with Gasteiger partial charge in [0, 0.05) is 19.6 Å². The van der Waals surface area contributed by atoms with Gasteiger partial charge in [-0.25, -0.2) is 0 Å². The Kier molecular flexibility index (Phi) is 3.36. The summed E-state index contributed by atoms with van der Waals surface area (Å²) in [7, 11) is 0. The molecule has 1 aliphatic heterocycles. The molecular weight excluding hydrogens is 270 g/mol. The van der Waals surface area contributed by atoms with Gasteiger partial charge in [-0.1, -0.05) is 24.3 Å². The van der Waals surface area contributed by atoms with Gasteiger partial charge in [-0.3, -0.25) is 4.79 Å². The fourth-order valence-electron chi connectivity index (χ4n) is 2.45. The Morgan fingerprint density at radius 1 is 1.35 bits per heavy atom. The first-order chi connectivity index (χ1) is 9.69. The number of nitrogens with one attached hydrogen (secondary N) is 1. The van der Waals surface area contributed by atoms with E-state index in [0.717, 1.165) is 18.1 Å². The Morgan fingerprint density at radius 2 is 2.00 bits per heavy atom. The normalized spacial score (nSPS) is 13.3. The Balaban J connectivity index is 1.83. The average molecular weight is 287 g/mol. The van der Waals surface area contributed by atoms with Gasteiger partial charge in [-0.2, -0.15) is 0 Å². The molecule has 3 rings (SSSR count). The second kappa shape index (κ2) is 5.17. The zero-order valence-corrected chi connectivity index (χ0v) is 12.2. The molecule has 0 atom stereocenters. The molecule has 3 N–H and O–H groups in total. The van der Waals surface area contributed by atoms with Gasteiger partial charge in [-0.15, -0.1) is 11.3 Å². The van der Waals surface area contributed by atoms with Crippen LogP contribution in [0, 0.1) is 0 Å². The summed E-state index contributed by atoms with van der Waals surface area (Å²) in [5, 5.41) is 3.85. The molecule has 0 bridgehead atoms. The van der Waals surface area contributed by atoms with Crippen LogP contribution in [0.2, 0.25) is 0 Å². The maximum atomic E-state index is 11.9. The van der Waals surface area contributed by atoms with Gasteiger partial charge in [0.05, 0.1) is 10.7 Å². The minimum Gasteiger partial charge on any atom is -0.397 e. The summed E-state index contributed by atoms with van der Waals surface area (Å²) in [6, 6.07) is 10.3. The lowest BCUT2D eigenvalue weighted by Crippen LogP contribution is -2.22. The van der Waals surface area contributed by atoms with E-state index in [0.29, 0.717) is 17.1 Å². The van der Waals surface area contributed by atoms with Crippen LogP contribution < -0.4 is 16.0 Å². The number of nitrogen functional groups attached to an aromatic ring is 1. The topological polar surface area (TPSA) is 58.4 Å². The van der Waals surface area contributed by atoms with Crippen molar-refractivity contribution in [1.29, 1.82) is 0 Å². The minimum atomic E-state index is -0.0852. The second-order valence-electron chi connectivity index (χ2n) is 4.85. The zero-order valence-electron chi connectivity index (χ0n) is 11.3. The molecule has 104 valence electrons. The van der Waals surface area contributed by atoms with Gasteiger partial charge in [0.1, 0.15) is 4.88 Å². The number of nitrogens with zero attached hydrogens (tertiary/aromatic N) is 1. The highest BCUT2D eigenvalue weighted by atomic mass is 32.1. The molecule has 0 radical (unpaired) electrons. The molecule has 5 heteroatoms. The van der Waals surface area contributed by atoms with Crippen molar-refractivity contribution in [2.45, 2.75) is 20.0 Å². The number of nitrogens with two attached hydrogens (primary N) is 1. The SMILES string of the molecule is CCNC(=O)c1sc(N2Cc3ccccc3C2)cc1N. The van der Waals surface area contributed by atoms with Gasteiger partial charge in [0.15, 0.2) is 0 Å². The number of thiophene rings is 1. The van der Waals surface area contributed by atoms with Crippen molar-refractivity contribution in [1.82, 2.24) is 5.32 Å². The van der Waals surface area contributed by atoms with E-state index in [1.165, 1.54) is 22.5 Å². The molecule has 1 amide bonds. The van der Waals surface area contributed by atoms with E-state index >= 15 is 0 Å². The monoisotopic (exact) mass is 287 g/mol. The second-order valence-corrected chi connectivity index (χ2v) is 5.88. The highest BCUT2D eigenvalue weighted by molar-refractivity contribution is 7.18. The van der Waals surface area contributed by atoms with Crippen molar-refractivity contribution in [3.05, 3.63) is 46.3 Å². The fraction of sp³-hybridized carbons (Fsp3) is 0.267. The van der Waals surface area contributed by atoms with Crippen LogP contribution >= 0.6 is 11.3 Å². The maximum absolute atomic E-state index is 11.9. The van der Waals surface area contributed by atoms with Gasteiger partial charge in [0.2, 0.25) is 0 Å². The first-order valence-electron chi connectivity index (χ1n) is 6.68. The molecule has 0 aliphatic carbocycles. The summed E-state index contributed by atoms with van der Waals surface area (Å²) in [6.07, 6.45) is 0. The minimum absolute atomic E-state index is 0.0852. The van der Waals surface area contributed by atoms with Crippen LogP contribution in [-0.2, 0) is 13.1 Å². The Hall–Kier alpha value is -2.01. The molecule has 0 fully saturated rings. The van der Waals surface area contributed by atoms with Crippen LogP contribution in [0.4, 0.5) is 10.7 Å². The Labute approximate surface area is 122 Å². The van der Waals surface area contributed by atoms with E-state index in [2.05, 4.69) is 34.5 Å². The molecule has 1 aliphatic rings. The Morgan fingerprint density at radius 3 is 2.60 bits per heavy atom. The molecule has 1 aromatic heterocycles. The first kappa shape index (κ1) is 13.0. The number of rotatable bonds is 3. The van der Waals surface area contributed by atoms with Crippen LogP contribution in [0.15, 0.2) is 30.3 Å². The zero-order chi connectivity index (χ0) is 14.1. The number of fused-ring (bicyclic) bond motifs is 1. The summed E-state index contributed by atoms with van der Waals surface area (Å²) in [5.74, 6) is -0.0852. The molecule has 0 unspecified atom stereocenters. The molecule has 0 saturated heterocycles. The average Bonchev–Trinajstić information content (AvgIpc) is 3.02. The highest BCUT2D eigenvalue weighted by Crippen LogP contribution is 2.36. The predicted octanol–water partition coefficient (Wildman–Crippen LogP) is 2.60. The van der Waals surface area contributed by atoms with Crippen molar-refractivity contribution < 1.29 is 4.79 Å². The third-order valence-corrected chi connectivity index (χ3v) is 4.65. The summed E-state index contributed by atoms with van der Waals surface area (Å²) in [5.41, 5.74) is 9.22. The smallest absolute Gasteiger partial charge is 0.263 e. The standard InChI is InChI=1S/C15H17N3OS/c1-2-17-15(19)14-12(16)7-13(20-14)18-8-10-5-3-4-6-11(10)9-18/h3-7H,2,8-9,16H2,1H3,(H,17,19). The predicted molar refractivity (Wildman–Crippen MR) is 83.1 cm³/mol. The van der Waals surface area contributed by atoms with Crippen LogP contribution in [0.5, 0.6) is 0 Å². The van der Waals surface area contributed by atoms with Gasteiger partial charge >= 0.3 is 0 Å². The van der Waals surface area contributed by atoms with E-state index < -0.39 is 0 Å². The fourth-order valence-corrected chi connectivity index (χ4v) is 3.45. The number of hydrogen-bond donors (Lipinski definition) is 2.